The van der Waals surface area contributed by atoms with Gasteiger partial charge in [0, 0.05) is 29.1 Å². The van der Waals surface area contributed by atoms with Crippen molar-refractivity contribution in [2.24, 2.45) is 5.73 Å². The van der Waals surface area contributed by atoms with Gasteiger partial charge in [0.1, 0.15) is 11.9 Å². The van der Waals surface area contributed by atoms with Crippen LogP contribution in [0.15, 0.2) is 30.3 Å². The zero-order valence-electron chi connectivity index (χ0n) is 11.1. The Balaban J connectivity index is 2.15. The van der Waals surface area contributed by atoms with Crippen LogP contribution >= 0.6 is 23.2 Å². The number of hydrogen-bond donors (Lipinski definition) is 1. The van der Waals surface area contributed by atoms with Gasteiger partial charge in [-0.2, -0.15) is 0 Å². The van der Waals surface area contributed by atoms with E-state index in [0.717, 1.165) is 23.3 Å². The standard InChI is InChI=1S/C16H15Cl2NO/c1-9-4-10-6-12(8-19)20-16(10)14(5-9)13-3-2-11(17)7-15(13)18/h2-5,7,12H,6,8,19H2,1H3. The van der Waals surface area contributed by atoms with E-state index in [0.29, 0.717) is 16.6 Å². The fraction of sp³-hybridized carbons (Fsp3) is 0.250. The smallest absolute Gasteiger partial charge is 0.131 e. The van der Waals surface area contributed by atoms with E-state index in [4.69, 9.17) is 33.7 Å². The summed E-state index contributed by atoms with van der Waals surface area (Å²) in [4.78, 5) is 0. The molecule has 0 fully saturated rings. The van der Waals surface area contributed by atoms with E-state index >= 15 is 0 Å². The molecule has 0 aliphatic carbocycles. The molecule has 1 aliphatic rings. The molecule has 0 spiro atoms. The number of benzene rings is 2. The molecule has 20 heavy (non-hydrogen) atoms. The minimum atomic E-state index is 0.0524. The molecule has 4 heteroatoms. The third kappa shape index (κ3) is 2.39. The van der Waals surface area contributed by atoms with Crippen LogP contribution in [0, 0.1) is 6.92 Å². The van der Waals surface area contributed by atoms with Gasteiger partial charge in [0.15, 0.2) is 0 Å². The summed E-state index contributed by atoms with van der Waals surface area (Å²) in [6.45, 7) is 2.59. The predicted octanol–water partition coefficient (Wildman–Crippen LogP) is 4.23. The van der Waals surface area contributed by atoms with E-state index in [9.17, 15) is 0 Å². The maximum Gasteiger partial charge on any atom is 0.131 e. The van der Waals surface area contributed by atoms with Crippen molar-refractivity contribution in [2.45, 2.75) is 19.4 Å². The molecule has 3 rings (SSSR count). The van der Waals surface area contributed by atoms with Gasteiger partial charge in [-0.15, -0.1) is 0 Å². The van der Waals surface area contributed by atoms with E-state index < -0.39 is 0 Å². The zero-order chi connectivity index (χ0) is 14.3. The van der Waals surface area contributed by atoms with E-state index in [1.54, 1.807) is 6.07 Å². The van der Waals surface area contributed by atoms with Crippen LogP contribution in [-0.2, 0) is 6.42 Å². The van der Waals surface area contributed by atoms with Crippen molar-refractivity contribution < 1.29 is 4.74 Å². The quantitative estimate of drug-likeness (QED) is 0.901. The zero-order valence-corrected chi connectivity index (χ0v) is 12.6. The van der Waals surface area contributed by atoms with Gasteiger partial charge in [-0.05, 0) is 36.2 Å². The topological polar surface area (TPSA) is 35.2 Å². The highest BCUT2D eigenvalue weighted by Gasteiger charge is 2.26. The van der Waals surface area contributed by atoms with E-state index in [-0.39, 0.29) is 6.10 Å². The first kappa shape index (κ1) is 13.7. The van der Waals surface area contributed by atoms with Crippen LogP contribution in [0.25, 0.3) is 11.1 Å². The molecule has 0 saturated heterocycles. The van der Waals surface area contributed by atoms with Gasteiger partial charge in [-0.3, -0.25) is 0 Å². The summed E-state index contributed by atoms with van der Waals surface area (Å²) in [5.74, 6) is 0.898. The fourth-order valence-corrected chi connectivity index (χ4v) is 3.14. The SMILES string of the molecule is Cc1cc2c(c(-c3ccc(Cl)cc3Cl)c1)OC(CN)C2. The Hall–Kier alpha value is -1.22. The largest absolute Gasteiger partial charge is 0.488 e. The molecular weight excluding hydrogens is 293 g/mol. The van der Waals surface area contributed by atoms with Crippen molar-refractivity contribution in [3.8, 4) is 16.9 Å². The number of rotatable bonds is 2. The lowest BCUT2D eigenvalue weighted by atomic mass is 9.98. The van der Waals surface area contributed by atoms with Crippen LogP contribution in [0.4, 0.5) is 0 Å². The Morgan fingerprint density at radius 3 is 2.70 bits per heavy atom. The highest BCUT2D eigenvalue weighted by Crippen LogP contribution is 2.42. The van der Waals surface area contributed by atoms with Crippen molar-refractivity contribution in [1.82, 2.24) is 0 Å². The first-order valence-electron chi connectivity index (χ1n) is 6.54. The van der Waals surface area contributed by atoms with Crippen LogP contribution in [0.1, 0.15) is 11.1 Å². The number of fused-ring (bicyclic) bond motifs is 1. The van der Waals surface area contributed by atoms with Gasteiger partial charge in [-0.1, -0.05) is 35.3 Å². The minimum absolute atomic E-state index is 0.0524. The Morgan fingerprint density at radius 2 is 2.00 bits per heavy atom. The highest BCUT2D eigenvalue weighted by atomic mass is 35.5. The molecule has 0 aromatic heterocycles. The Morgan fingerprint density at radius 1 is 1.20 bits per heavy atom. The number of halogens is 2. The van der Waals surface area contributed by atoms with Crippen LogP contribution in [-0.4, -0.2) is 12.6 Å². The highest BCUT2D eigenvalue weighted by molar-refractivity contribution is 6.36. The van der Waals surface area contributed by atoms with Crippen molar-refractivity contribution in [2.75, 3.05) is 6.54 Å². The molecule has 0 amide bonds. The summed E-state index contributed by atoms with van der Waals surface area (Å²) in [5, 5.41) is 1.26. The van der Waals surface area contributed by atoms with E-state index in [1.165, 1.54) is 11.1 Å². The van der Waals surface area contributed by atoms with Gasteiger partial charge in [0.2, 0.25) is 0 Å². The molecule has 104 valence electrons. The van der Waals surface area contributed by atoms with Crippen LogP contribution in [0.3, 0.4) is 0 Å². The van der Waals surface area contributed by atoms with E-state index in [2.05, 4.69) is 19.1 Å². The summed E-state index contributed by atoms with van der Waals surface area (Å²) in [5.41, 5.74) is 10.1. The molecule has 1 heterocycles. The molecule has 2 N–H and O–H groups in total. The lowest BCUT2D eigenvalue weighted by Crippen LogP contribution is -2.24. The second kappa shape index (κ2) is 5.28. The second-order valence-electron chi connectivity index (χ2n) is 5.10. The summed E-state index contributed by atoms with van der Waals surface area (Å²) < 4.78 is 5.97. The molecule has 0 bridgehead atoms. The lowest BCUT2D eigenvalue weighted by molar-refractivity contribution is 0.242. The summed E-state index contributed by atoms with van der Waals surface area (Å²) >= 11 is 12.3. The number of nitrogens with two attached hydrogens (primary N) is 1. The molecule has 1 aliphatic heterocycles. The third-order valence-corrected chi connectivity index (χ3v) is 4.07. The fourth-order valence-electron chi connectivity index (χ4n) is 2.63. The minimum Gasteiger partial charge on any atom is -0.488 e. The van der Waals surface area contributed by atoms with Crippen molar-refractivity contribution >= 4 is 23.2 Å². The third-order valence-electron chi connectivity index (χ3n) is 3.53. The maximum absolute atomic E-state index is 6.32. The first-order valence-corrected chi connectivity index (χ1v) is 7.29. The molecule has 2 aromatic carbocycles. The van der Waals surface area contributed by atoms with Crippen LogP contribution in [0.2, 0.25) is 10.0 Å². The van der Waals surface area contributed by atoms with Gasteiger partial charge in [0.25, 0.3) is 0 Å². The number of ether oxygens (including phenoxy) is 1. The Bertz CT molecular complexity index is 670. The number of hydrogen-bond acceptors (Lipinski definition) is 2. The van der Waals surface area contributed by atoms with Gasteiger partial charge in [0.05, 0.1) is 5.02 Å². The number of aryl methyl sites for hydroxylation is 1. The molecule has 1 atom stereocenters. The molecule has 1 unspecified atom stereocenters. The van der Waals surface area contributed by atoms with Gasteiger partial charge in [-0.25, -0.2) is 0 Å². The average Bonchev–Trinajstić information content (AvgIpc) is 2.81. The monoisotopic (exact) mass is 307 g/mol. The summed E-state index contributed by atoms with van der Waals surface area (Å²) in [7, 11) is 0. The van der Waals surface area contributed by atoms with Crippen molar-refractivity contribution in [3.63, 3.8) is 0 Å². The van der Waals surface area contributed by atoms with Gasteiger partial charge >= 0.3 is 0 Å². The predicted molar refractivity (Wildman–Crippen MR) is 83.8 cm³/mol. The van der Waals surface area contributed by atoms with Crippen LogP contribution < -0.4 is 10.5 Å². The average molecular weight is 308 g/mol. The molecule has 2 aromatic rings. The molecule has 2 nitrogen and oxygen atoms in total. The van der Waals surface area contributed by atoms with E-state index in [1.807, 2.05) is 12.1 Å². The van der Waals surface area contributed by atoms with Crippen molar-refractivity contribution in [1.29, 1.82) is 0 Å². The normalized spacial score (nSPS) is 16.9. The first-order chi connectivity index (χ1) is 9.58. The van der Waals surface area contributed by atoms with Crippen molar-refractivity contribution in [3.05, 3.63) is 51.5 Å². The Kier molecular flexibility index (Phi) is 3.63. The summed E-state index contributed by atoms with van der Waals surface area (Å²) in [6, 6.07) is 9.76. The Labute approximate surface area is 128 Å². The summed E-state index contributed by atoms with van der Waals surface area (Å²) in [6.07, 6.45) is 0.905. The lowest BCUT2D eigenvalue weighted by Gasteiger charge is -2.13. The molecular formula is C16H15Cl2NO. The molecule has 0 radical (unpaired) electrons. The van der Waals surface area contributed by atoms with Gasteiger partial charge < -0.3 is 10.5 Å². The maximum atomic E-state index is 6.32. The van der Waals surface area contributed by atoms with Crippen LogP contribution in [0.5, 0.6) is 5.75 Å². The second-order valence-corrected chi connectivity index (χ2v) is 5.95. The molecule has 0 saturated carbocycles.